The van der Waals surface area contributed by atoms with E-state index in [1.165, 1.54) is 257 Å². The molecular weight excluding hydrogens is 997 g/mol. The van der Waals surface area contributed by atoms with Crippen LogP contribution in [-0.2, 0) is 28.6 Å². The molecule has 6 nitrogen and oxygen atoms in total. The van der Waals surface area contributed by atoms with Crippen LogP contribution >= 0.6 is 0 Å². The third kappa shape index (κ3) is 67.5. The van der Waals surface area contributed by atoms with Gasteiger partial charge in [-0.05, 0) is 70.6 Å². The van der Waals surface area contributed by atoms with Crippen LogP contribution in [-0.4, -0.2) is 37.2 Å². The van der Waals surface area contributed by atoms with E-state index in [2.05, 4.69) is 81.5 Å². The van der Waals surface area contributed by atoms with Gasteiger partial charge in [0.2, 0.25) is 0 Å². The van der Waals surface area contributed by atoms with E-state index < -0.39 is 12.1 Å². The van der Waals surface area contributed by atoms with Crippen molar-refractivity contribution in [3.05, 3.63) is 72.9 Å². The van der Waals surface area contributed by atoms with E-state index in [4.69, 9.17) is 14.2 Å². The second-order valence-corrected chi connectivity index (χ2v) is 23.8. The smallest absolute Gasteiger partial charge is 0.309 e. The molecule has 1 unspecified atom stereocenters. The van der Waals surface area contributed by atoms with Crippen molar-refractivity contribution >= 4 is 17.9 Å². The van der Waals surface area contributed by atoms with Crippen LogP contribution in [0.15, 0.2) is 72.9 Å². The number of hydrogen-bond acceptors (Lipinski definition) is 6. The summed E-state index contributed by atoms with van der Waals surface area (Å²) in [4.78, 5) is 38.4. The molecule has 470 valence electrons. The molecule has 0 amide bonds. The first-order valence-electron chi connectivity index (χ1n) is 35.4. The highest BCUT2D eigenvalue weighted by molar-refractivity contribution is 5.72. The maximum atomic E-state index is 12.9. The van der Waals surface area contributed by atoms with Gasteiger partial charge in [0.15, 0.2) is 6.10 Å². The minimum atomic E-state index is -0.815. The summed E-state index contributed by atoms with van der Waals surface area (Å²) >= 11 is 0. The molecular formula is C75H134O6. The Morgan fingerprint density at radius 3 is 0.852 bits per heavy atom. The van der Waals surface area contributed by atoms with Gasteiger partial charge in [-0.2, -0.15) is 0 Å². The van der Waals surface area contributed by atoms with Crippen LogP contribution in [0.25, 0.3) is 0 Å². The van der Waals surface area contributed by atoms with Crippen LogP contribution in [0.2, 0.25) is 0 Å². The fraction of sp³-hybridized carbons (Fsp3) is 0.800. The van der Waals surface area contributed by atoms with E-state index >= 15 is 0 Å². The van der Waals surface area contributed by atoms with Crippen LogP contribution < -0.4 is 0 Å². The van der Waals surface area contributed by atoms with Gasteiger partial charge in [-0.15, -0.1) is 0 Å². The molecule has 81 heavy (non-hydrogen) atoms. The summed E-state index contributed by atoms with van der Waals surface area (Å²) in [6.45, 7) is 6.50. The molecule has 0 aliphatic rings. The minimum Gasteiger partial charge on any atom is -0.462 e. The first-order valence-corrected chi connectivity index (χ1v) is 35.4. The zero-order valence-electron chi connectivity index (χ0n) is 54.1. The molecule has 0 saturated carbocycles. The monoisotopic (exact) mass is 1130 g/mol. The maximum absolute atomic E-state index is 12.9. The molecule has 0 aromatic carbocycles. The van der Waals surface area contributed by atoms with Crippen molar-refractivity contribution < 1.29 is 28.6 Å². The lowest BCUT2D eigenvalue weighted by Gasteiger charge is -2.18. The molecule has 0 aliphatic heterocycles. The Bertz CT molecular complexity index is 1490. The third-order valence-electron chi connectivity index (χ3n) is 15.7. The van der Waals surface area contributed by atoms with E-state index in [1.807, 2.05) is 12.2 Å². The third-order valence-corrected chi connectivity index (χ3v) is 15.7. The number of unbranched alkanes of at least 4 members (excludes halogenated alkanes) is 43. The van der Waals surface area contributed by atoms with E-state index in [0.29, 0.717) is 12.8 Å². The molecule has 0 fully saturated rings. The van der Waals surface area contributed by atoms with Gasteiger partial charge in [0, 0.05) is 12.8 Å². The lowest BCUT2D eigenvalue weighted by molar-refractivity contribution is -0.166. The Balaban J connectivity index is 4.31. The Morgan fingerprint density at radius 1 is 0.272 bits per heavy atom. The number of esters is 3. The number of carbonyl (C=O) groups is 3. The van der Waals surface area contributed by atoms with E-state index in [0.717, 1.165) is 70.6 Å². The van der Waals surface area contributed by atoms with Crippen molar-refractivity contribution in [2.45, 2.75) is 374 Å². The lowest BCUT2D eigenvalue weighted by Crippen LogP contribution is -2.30. The van der Waals surface area contributed by atoms with Gasteiger partial charge < -0.3 is 14.2 Å². The number of ether oxygens (including phenoxy) is 3. The van der Waals surface area contributed by atoms with E-state index in [1.54, 1.807) is 0 Å². The number of hydrogen-bond donors (Lipinski definition) is 0. The van der Waals surface area contributed by atoms with Crippen molar-refractivity contribution in [2.75, 3.05) is 13.2 Å². The topological polar surface area (TPSA) is 78.9 Å². The average Bonchev–Trinajstić information content (AvgIpc) is 3.47. The first-order chi connectivity index (χ1) is 40.0. The SMILES string of the molecule is CC/C=C\C/C=C\C/C=C\C/C=C\C/C=C\CC(=O)OCC(COC(=O)CCCCCCCCCCCCCCCCC/C=C\CCCCCCCCCC)OC(=O)CCCCCCCCCCCCCCCCCCCCCCC. The van der Waals surface area contributed by atoms with Crippen molar-refractivity contribution in [1.29, 1.82) is 0 Å². The Hall–Kier alpha value is -3.15. The number of rotatable bonds is 65. The highest BCUT2D eigenvalue weighted by Gasteiger charge is 2.19. The molecule has 0 aromatic heterocycles. The molecule has 0 bridgehead atoms. The average molecular weight is 1130 g/mol. The van der Waals surface area contributed by atoms with Gasteiger partial charge in [0.25, 0.3) is 0 Å². The zero-order valence-corrected chi connectivity index (χ0v) is 54.1. The molecule has 0 aromatic rings. The van der Waals surface area contributed by atoms with Crippen LogP contribution in [0.3, 0.4) is 0 Å². The fourth-order valence-electron chi connectivity index (χ4n) is 10.5. The fourth-order valence-corrected chi connectivity index (χ4v) is 10.5. The molecule has 6 heteroatoms. The molecule has 1 atom stereocenters. The Labute approximate surface area is 503 Å². The minimum absolute atomic E-state index is 0.101. The van der Waals surface area contributed by atoms with Crippen molar-refractivity contribution in [1.82, 2.24) is 0 Å². The van der Waals surface area contributed by atoms with Crippen LogP contribution in [0.1, 0.15) is 367 Å². The van der Waals surface area contributed by atoms with Crippen LogP contribution in [0.4, 0.5) is 0 Å². The van der Waals surface area contributed by atoms with Gasteiger partial charge in [0.05, 0.1) is 6.42 Å². The Morgan fingerprint density at radius 2 is 0.531 bits per heavy atom. The quantitative estimate of drug-likeness (QED) is 0.0261. The van der Waals surface area contributed by atoms with E-state index in [9.17, 15) is 14.4 Å². The first kappa shape index (κ1) is 77.9. The number of carbonyl (C=O) groups excluding carboxylic acids is 3. The van der Waals surface area contributed by atoms with Gasteiger partial charge in [0.1, 0.15) is 13.2 Å². The summed E-state index contributed by atoms with van der Waals surface area (Å²) < 4.78 is 16.9. The predicted octanol–water partition coefficient (Wildman–Crippen LogP) is 24.4. The maximum Gasteiger partial charge on any atom is 0.309 e. The van der Waals surface area contributed by atoms with E-state index in [-0.39, 0.29) is 31.6 Å². The molecule has 0 radical (unpaired) electrons. The van der Waals surface area contributed by atoms with Crippen LogP contribution in [0, 0.1) is 0 Å². The summed E-state index contributed by atoms with van der Waals surface area (Å²) in [5.41, 5.74) is 0. The highest BCUT2D eigenvalue weighted by Crippen LogP contribution is 2.18. The summed E-state index contributed by atoms with van der Waals surface area (Å²) in [5.74, 6) is -1.01. The molecule has 0 aliphatic carbocycles. The zero-order chi connectivity index (χ0) is 58.5. The number of allylic oxidation sites excluding steroid dienone is 11. The van der Waals surface area contributed by atoms with Crippen LogP contribution in [0.5, 0.6) is 0 Å². The summed E-state index contributed by atoms with van der Waals surface area (Å²) in [6, 6.07) is 0. The van der Waals surface area contributed by atoms with Gasteiger partial charge in [-0.1, -0.05) is 351 Å². The summed E-state index contributed by atoms with van der Waals surface area (Å²) in [6.07, 6.45) is 91.1. The summed E-state index contributed by atoms with van der Waals surface area (Å²) in [7, 11) is 0. The molecule has 0 N–H and O–H groups in total. The van der Waals surface area contributed by atoms with Gasteiger partial charge in [-0.3, -0.25) is 14.4 Å². The highest BCUT2D eigenvalue weighted by atomic mass is 16.6. The van der Waals surface area contributed by atoms with Crippen molar-refractivity contribution in [3.63, 3.8) is 0 Å². The van der Waals surface area contributed by atoms with Gasteiger partial charge in [-0.25, -0.2) is 0 Å². The second kappa shape index (κ2) is 69.3. The second-order valence-electron chi connectivity index (χ2n) is 23.8. The normalized spacial score (nSPS) is 12.5. The predicted molar refractivity (Wildman–Crippen MR) is 353 cm³/mol. The standard InChI is InChI=1S/C75H134O6/c1-4-7-10-13-16-19-22-25-28-30-32-34-35-36-37-38-39-41-42-44-47-50-53-56-59-62-65-68-74(77)80-71-72(70-79-73(76)67-64-61-58-55-52-49-46-27-24-21-18-15-12-9-6-3)81-75(78)69-66-63-60-57-54-51-48-45-43-40-33-31-29-26-23-20-17-14-11-8-5-2/h9,12,18,21,27,30,32,46,52,55,61,64,72H,4-8,10-11,13-17,19-20,22-26,28-29,31,33-45,47-51,53-54,56-60,62-63,65-71H2,1-3H3/b12-9-,21-18-,32-30-,46-27-,55-52-,64-61-. The molecule has 0 heterocycles. The lowest BCUT2D eigenvalue weighted by atomic mass is 10.0. The van der Waals surface area contributed by atoms with Gasteiger partial charge >= 0.3 is 17.9 Å². The largest absolute Gasteiger partial charge is 0.462 e. The van der Waals surface area contributed by atoms with Crippen molar-refractivity contribution in [3.8, 4) is 0 Å². The molecule has 0 spiro atoms. The van der Waals surface area contributed by atoms with Crippen molar-refractivity contribution in [2.24, 2.45) is 0 Å². The summed E-state index contributed by atoms with van der Waals surface area (Å²) in [5, 5.41) is 0. The molecule has 0 saturated heterocycles. The molecule has 0 rings (SSSR count). The Kier molecular flexibility index (Phi) is 66.6.